The van der Waals surface area contributed by atoms with E-state index in [9.17, 15) is 9.59 Å². The van der Waals surface area contributed by atoms with Crippen LogP contribution in [0.5, 0.6) is 11.5 Å². The lowest BCUT2D eigenvalue weighted by molar-refractivity contribution is 0.0765. The smallest absolute Gasteiger partial charge is 0.407 e. The lowest BCUT2D eigenvalue weighted by Gasteiger charge is -2.33. The number of amides is 2. The van der Waals surface area contributed by atoms with Crippen LogP contribution in [0.1, 0.15) is 47.2 Å². The summed E-state index contributed by atoms with van der Waals surface area (Å²) >= 11 is 0. The molecule has 0 radical (unpaired) electrons. The topological polar surface area (TPSA) is 120 Å². The number of pyridine rings is 1. The maximum atomic E-state index is 16.1. The Labute approximate surface area is 231 Å². The predicted octanol–water partition coefficient (Wildman–Crippen LogP) is 3.87. The highest BCUT2D eigenvalue weighted by Crippen LogP contribution is 2.38. The number of anilines is 1. The molecule has 1 saturated carbocycles. The minimum absolute atomic E-state index is 0.0397. The van der Waals surface area contributed by atoms with E-state index < -0.39 is 11.9 Å². The van der Waals surface area contributed by atoms with Gasteiger partial charge in [-0.15, -0.1) is 0 Å². The van der Waals surface area contributed by atoms with Crippen LogP contribution >= 0.6 is 0 Å². The monoisotopic (exact) mass is 552 g/mol. The van der Waals surface area contributed by atoms with E-state index in [0.717, 1.165) is 31.2 Å². The number of carbonyl (C=O) groups is 2. The van der Waals surface area contributed by atoms with Crippen LogP contribution in [-0.2, 0) is 24.9 Å². The van der Waals surface area contributed by atoms with E-state index >= 15 is 4.39 Å². The van der Waals surface area contributed by atoms with Gasteiger partial charge in [-0.25, -0.2) is 14.2 Å². The molecule has 2 aromatic heterocycles. The van der Waals surface area contributed by atoms with Gasteiger partial charge in [0.15, 0.2) is 11.6 Å². The maximum absolute atomic E-state index is 16.1. The Bertz CT molecular complexity index is 1430. The van der Waals surface area contributed by atoms with Crippen LogP contribution in [0.25, 0.3) is 11.3 Å². The van der Waals surface area contributed by atoms with Crippen LogP contribution in [-0.4, -0.2) is 65.1 Å². The number of alkyl carbamates (subject to hydrolysis) is 1. The van der Waals surface area contributed by atoms with Crippen LogP contribution in [0.4, 0.5) is 15.0 Å². The summed E-state index contributed by atoms with van der Waals surface area (Å²) in [6.07, 6.45) is 6.13. The van der Waals surface area contributed by atoms with Gasteiger partial charge in [-0.3, -0.25) is 9.48 Å². The number of halogens is 1. The number of fused-ring (bicyclic) bond motifs is 1. The second-order valence-corrected chi connectivity index (χ2v) is 10.00. The first-order chi connectivity index (χ1) is 19.3. The summed E-state index contributed by atoms with van der Waals surface area (Å²) in [6.45, 7) is 0.275. The largest absolute Gasteiger partial charge is 0.497 e. The third kappa shape index (κ3) is 5.25. The molecule has 0 bridgehead atoms. The van der Waals surface area contributed by atoms with Gasteiger partial charge in [0.1, 0.15) is 11.5 Å². The van der Waals surface area contributed by atoms with E-state index in [1.54, 1.807) is 55.4 Å². The summed E-state index contributed by atoms with van der Waals surface area (Å²) in [5.41, 5.74) is 2.21. The fourth-order valence-electron chi connectivity index (χ4n) is 5.44. The number of benzene rings is 1. The third-order valence-electron chi connectivity index (χ3n) is 7.50. The van der Waals surface area contributed by atoms with Gasteiger partial charge in [0.25, 0.3) is 5.91 Å². The van der Waals surface area contributed by atoms with E-state index in [1.807, 2.05) is 6.07 Å². The van der Waals surface area contributed by atoms with Crippen molar-refractivity contribution < 1.29 is 28.2 Å². The van der Waals surface area contributed by atoms with Gasteiger partial charge in [-0.1, -0.05) is 12.8 Å². The van der Waals surface area contributed by atoms with Crippen LogP contribution in [0.15, 0.2) is 30.6 Å². The zero-order valence-electron chi connectivity index (χ0n) is 23.0. The molecule has 0 spiro atoms. The van der Waals surface area contributed by atoms with Crippen molar-refractivity contribution in [2.24, 2.45) is 7.05 Å². The number of methoxy groups -OCH3 is 3. The van der Waals surface area contributed by atoms with Gasteiger partial charge < -0.3 is 29.7 Å². The molecule has 1 aromatic carbocycles. The second kappa shape index (κ2) is 11.4. The molecule has 3 heterocycles. The van der Waals surface area contributed by atoms with Crippen molar-refractivity contribution in [1.29, 1.82) is 0 Å². The Morgan fingerprint density at radius 3 is 2.60 bits per heavy atom. The Hall–Kier alpha value is -4.35. The molecular weight excluding hydrogens is 519 g/mol. The third-order valence-corrected chi connectivity index (χ3v) is 7.50. The van der Waals surface area contributed by atoms with Crippen molar-refractivity contribution in [2.45, 2.75) is 50.9 Å². The van der Waals surface area contributed by atoms with Crippen molar-refractivity contribution in [3.63, 3.8) is 0 Å². The van der Waals surface area contributed by atoms with Gasteiger partial charge in [0.05, 0.1) is 51.4 Å². The van der Waals surface area contributed by atoms with Gasteiger partial charge in [0, 0.05) is 48.6 Å². The fourth-order valence-corrected chi connectivity index (χ4v) is 5.44. The second-order valence-electron chi connectivity index (χ2n) is 10.00. The predicted molar refractivity (Wildman–Crippen MR) is 145 cm³/mol. The number of carbonyl (C=O) groups excluding carboxylic acids is 2. The van der Waals surface area contributed by atoms with E-state index in [0.29, 0.717) is 22.8 Å². The number of hydrogen-bond donors (Lipinski definition) is 2. The van der Waals surface area contributed by atoms with Crippen molar-refractivity contribution >= 4 is 17.8 Å². The van der Waals surface area contributed by atoms with E-state index in [-0.39, 0.29) is 48.0 Å². The maximum Gasteiger partial charge on any atom is 0.407 e. The number of hydrogen-bond acceptors (Lipinski definition) is 8. The number of aromatic nitrogens is 3. The lowest BCUT2D eigenvalue weighted by Crippen LogP contribution is -2.48. The average Bonchev–Trinajstić information content (AvgIpc) is 3.54. The normalized spacial score (nSPS) is 18.3. The highest BCUT2D eigenvalue weighted by Gasteiger charge is 2.37. The van der Waals surface area contributed by atoms with E-state index in [4.69, 9.17) is 14.2 Å². The minimum atomic E-state index is -0.581. The number of nitrogens with one attached hydrogen (secondary N) is 2. The Morgan fingerprint density at radius 2 is 1.93 bits per heavy atom. The molecule has 1 aliphatic carbocycles. The average molecular weight is 553 g/mol. The van der Waals surface area contributed by atoms with Crippen molar-refractivity contribution in [2.75, 3.05) is 26.6 Å². The van der Waals surface area contributed by atoms with Crippen LogP contribution in [0.2, 0.25) is 0 Å². The summed E-state index contributed by atoms with van der Waals surface area (Å²) in [4.78, 5) is 31.9. The lowest BCUT2D eigenvalue weighted by atomic mass is 9.90. The number of aryl methyl sites for hydroxylation is 1. The number of ether oxygens (including phenoxy) is 3. The highest BCUT2D eigenvalue weighted by molar-refractivity contribution is 6.04. The Balaban J connectivity index is 1.50. The highest BCUT2D eigenvalue weighted by atomic mass is 19.1. The Kier molecular flexibility index (Phi) is 7.76. The first-order valence-corrected chi connectivity index (χ1v) is 13.2. The SMILES string of the molecule is COC(=O)N[C@@H]1CCCC[C@@H]1Nc1nc(-c2cnn(C)c2)c2c(c1F)CN(Cc1ccc(OC)cc1OC)C2=O. The van der Waals surface area contributed by atoms with E-state index in [2.05, 4.69) is 20.7 Å². The van der Waals surface area contributed by atoms with Crippen molar-refractivity contribution in [1.82, 2.24) is 25.0 Å². The number of nitrogens with zero attached hydrogens (tertiary/aromatic N) is 4. The van der Waals surface area contributed by atoms with E-state index in [1.165, 1.54) is 7.11 Å². The fraction of sp³-hybridized carbons (Fsp3) is 0.429. The molecule has 0 saturated heterocycles. The molecule has 1 fully saturated rings. The van der Waals surface area contributed by atoms with Gasteiger partial charge in [-0.05, 0) is 25.0 Å². The zero-order chi connectivity index (χ0) is 28.4. The minimum Gasteiger partial charge on any atom is -0.497 e. The molecule has 5 rings (SSSR count). The standard InChI is InChI=1S/C28H33FN6O5/c1-34-13-17(12-30-34)25-23-19(15-35(27(23)36)14-16-9-10-18(38-2)11-22(16)39-3)24(29)26(33-25)31-20-7-5-6-8-21(20)32-28(37)40-4/h9-13,20-21H,5-8,14-15H2,1-4H3,(H,31,33)(H,32,37)/t20-,21+/m0/s1. The Morgan fingerprint density at radius 1 is 1.15 bits per heavy atom. The molecule has 11 nitrogen and oxygen atoms in total. The zero-order valence-corrected chi connectivity index (χ0v) is 23.0. The molecular formula is C28H33FN6O5. The molecule has 0 unspecified atom stereocenters. The molecule has 212 valence electrons. The van der Waals surface area contributed by atoms with Crippen molar-refractivity contribution in [3.8, 4) is 22.8 Å². The first-order valence-electron chi connectivity index (χ1n) is 13.2. The summed E-state index contributed by atoms with van der Waals surface area (Å²) in [6, 6.07) is 4.86. The van der Waals surface area contributed by atoms with Gasteiger partial charge in [0.2, 0.25) is 0 Å². The quantitative estimate of drug-likeness (QED) is 0.432. The molecule has 2 amide bonds. The first kappa shape index (κ1) is 27.2. The molecule has 2 aliphatic rings. The molecule has 1 aliphatic heterocycles. The molecule has 40 heavy (non-hydrogen) atoms. The summed E-state index contributed by atoms with van der Waals surface area (Å²) in [7, 11) is 6.19. The summed E-state index contributed by atoms with van der Waals surface area (Å²) in [5.74, 6) is 0.329. The number of rotatable bonds is 8. The van der Waals surface area contributed by atoms with Crippen LogP contribution in [0.3, 0.4) is 0 Å². The molecule has 3 aromatic rings. The van der Waals surface area contributed by atoms with Crippen molar-refractivity contribution in [3.05, 3.63) is 53.1 Å². The molecule has 2 N–H and O–H groups in total. The summed E-state index contributed by atoms with van der Waals surface area (Å²) < 4.78 is 33.3. The van der Waals surface area contributed by atoms with Gasteiger partial charge >= 0.3 is 6.09 Å². The summed E-state index contributed by atoms with van der Waals surface area (Å²) in [5, 5.41) is 10.3. The van der Waals surface area contributed by atoms with Crippen LogP contribution < -0.4 is 20.1 Å². The molecule has 12 heteroatoms. The van der Waals surface area contributed by atoms with Gasteiger partial charge in [-0.2, -0.15) is 5.10 Å². The molecule has 2 atom stereocenters. The van der Waals surface area contributed by atoms with Crippen LogP contribution in [0, 0.1) is 5.82 Å².